The molecule has 0 radical (unpaired) electrons. The first-order valence-electron chi connectivity index (χ1n) is 7.00. The maximum absolute atomic E-state index is 12.1. The summed E-state index contributed by atoms with van der Waals surface area (Å²) in [6.45, 7) is 8.28. The predicted octanol–water partition coefficient (Wildman–Crippen LogP) is 1.99. The van der Waals surface area contributed by atoms with Crippen LogP contribution in [0.2, 0.25) is 0 Å². The third kappa shape index (κ3) is 4.06. The molecule has 0 aliphatic heterocycles. The van der Waals surface area contributed by atoms with E-state index in [1.165, 1.54) is 0 Å². The van der Waals surface area contributed by atoms with E-state index in [1.54, 1.807) is 16.9 Å². The molecule has 1 amide bonds. The first kappa shape index (κ1) is 15.7. The Balaban J connectivity index is 2.70. The highest BCUT2D eigenvalue weighted by Crippen LogP contribution is 2.16. The monoisotopic (exact) mass is 267 g/mol. The van der Waals surface area contributed by atoms with Crippen LogP contribution in [0.5, 0.6) is 0 Å². The SMILES string of the molecule is CCC(CC)n1nccc1C(=O)NCC(O)C(C)C. The molecule has 0 saturated carbocycles. The van der Waals surface area contributed by atoms with Crippen molar-refractivity contribution in [2.24, 2.45) is 5.92 Å². The minimum absolute atomic E-state index is 0.129. The molecule has 2 N–H and O–H groups in total. The molecular formula is C14H25N3O2. The molecule has 1 rings (SSSR count). The van der Waals surface area contributed by atoms with Gasteiger partial charge in [0.2, 0.25) is 0 Å². The Morgan fingerprint density at radius 3 is 2.58 bits per heavy atom. The van der Waals surface area contributed by atoms with Crippen LogP contribution in [0, 0.1) is 5.92 Å². The van der Waals surface area contributed by atoms with Gasteiger partial charge in [-0.2, -0.15) is 5.10 Å². The number of nitrogens with zero attached hydrogens (tertiary/aromatic N) is 2. The highest BCUT2D eigenvalue weighted by atomic mass is 16.3. The Kier molecular flexibility index (Phi) is 6.02. The van der Waals surface area contributed by atoms with Gasteiger partial charge in [0.15, 0.2) is 0 Å². The molecule has 5 nitrogen and oxygen atoms in total. The maximum atomic E-state index is 12.1. The van der Waals surface area contributed by atoms with Crippen molar-refractivity contribution in [1.29, 1.82) is 0 Å². The zero-order valence-corrected chi connectivity index (χ0v) is 12.3. The van der Waals surface area contributed by atoms with Crippen LogP contribution in [-0.4, -0.2) is 33.4 Å². The van der Waals surface area contributed by atoms with Crippen LogP contribution in [0.3, 0.4) is 0 Å². The minimum atomic E-state index is -0.520. The summed E-state index contributed by atoms with van der Waals surface area (Å²) in [4.78, 5) is 12.1. The molecule has 1 aromatic heterocycles. The third-order valence-electron chi connectivity index (χ3n) is 3.43. The Bertz CT molecular complexity index is 397. The summed E-state index contributed by atoms with van der Waals surface area (Å²) < 4.78 is 1.77. The lowest BCUT2D eigenvalue weighted by atomic mass is 10.1. The molecule has 1 aromatic rings. The Hall–Kier alpha value is -1.36. The third-order valence-corrected chi connectivity index (χ3v) is 3.43. The van der Waals surface area contributed by atoms with Crippen molar-refractivity contribution in [2.45, 2.75) is 52.7 Å². The fourth-order valence-corrected chi connectivity index (χ4v) is 1.94. The predicted molar refractivity (Wildman–Crippen MR) is 75.0 cm³/mol. The zero-order chi connectivity index (χ0) is 14.4. The van der Waals surface area contributed by atoms with Crippen LogP contribution in [0.15, 0.2) is 12.3 Å². The lowest BCUT2D eigenvalue weighted by Crippen LogP contribution is -2.36. The molecule has 19 heavy (non-hydrogen) atoms. The van der Waals surface area contributed by atoms with Gasteiger partial charge in [-0.1, -0.05) is 27.7 Å². The number of hydrogen-bond acceptors (Lipinski definition) is 3. The van der Waals surface area contributed by atoms with Crippen molar-refractivity contribution in [1.82, 2.24) is 15.1 Å². The van der Waals surface area contributed by atoms with E-state index in [9.17, 15) is 9.90 Å². The van der Waals surface area contributed by atoms with Crippen molar-refractivity contribution in [3.63, 3.8) is 0 Å². The molecule has 0 spiro atoms. The average molecular weight is 267 g/mol. The fourth-order valence-electron chi connectivity index (χ4n) is 1.94. The van der Waals surface area contributed by atoms with E-state index in [2.05, 4.69) is 24.3 Å². The van der Waals surface area contributed by atoms with Gasteiger partial charge in [0.05, 0.1) is 12.1 Å². The topological polar surface area (TPSA) is 67.2 Å². The second-order valence-corrected chi connectivity index (χ2v) is 5.15. The summed E-state index contributed by atoms with van der Waals surface area (Å²) in [5, 5.41) is 16.7. The van der Waals surface area contributed by atoms with Gasteiger partial charge < -0.3 is 10.4 Å². The Labute approximate surface area is 115 Å². The molecule has 0 aliphatic rings. The van der Waals surface area contributed by atoms with Crippen molar-refractivity contribution in [3.05, 3.63) is 18.0 Å². The van der Waals surface area contributed by atoms with Gasteiger partial charge in [-0.15, -0.1) is 0 Å². The summed E-state index contributed by atoms with van der Waals surface area (Å²) in [5.41, 5.74) is 0.560. The zero-order valence-electron chi connectivity index (χ0n) is 12.3. The number of rotatable bonds is 7. The van der Waals surface area contributed by atoms with Gasteiger partial charge in [-0.05, 0) is 24.8 Å². The van der Waals surface area contributed by atoms with Crippen LogP contribution < -0.4 is 5.32 Å². The van der Waals surface area contributed by atoms with E-state index in [0.717, 1.165) is 12.8 Å². The van der Waals surface area contributed by atoms with Gasteiger partial charge in [-0.3, -0.25) is 9.48 Å². The number of amides is 1. The van der Waals surface area contributed by atoms with Gasteiger partial charge >= 0.3 is 0 Å². The van der Waals surface area contributed by atoms with E-state index in [-0.39, 0.29) is 24.4 Å². The lowest BCUT2D eigenvalue weighted by Gasteiger charge is -2.18. The average Bonchev–Trinajstić information content (AvgIpc) is 2.86. The first-order chi connectivity index (χ1) is 9.01. The normalized spacial score (nSPS) is 13.0. The molecular weight excluding hydrogens is 242 g/mol. The maximum Gasteiger partial charge on any atom is 0.269 e. The smallest absolute Gasteiger partial charge is 0.269 e. The van der Waals surface area contributed by atoms with Crippen LogP contribution in [0.25, 0.3) is 0 Å². The summed E-state index contributed by atoms with van der Waals surface area (Å²) >= 11 is 0. The number of carbonyl (C=O) groups is 1. The molecule has 1 unspecified atom stereocenters. The van der Waals surface area contributed by atoms with E-state index in [0.29, 0.717) is 5.69 Å². The molecule has 108 valence electrons. The Morgan fingerprint density at radius 2 is 2.05 bits per heavy atom. The molecule has 0 aliphatic carbocycles. The molecule has 5 heteroatoms. The van der Waals surface area contributed by atoms with E-state index in [1.807, 2.05) is 13.8 Å². The summed E-state index contributed by atoms with van der Waals surface area (Å²) in [6, 6.07) is 1.96. The summed E-state index contributed by atoms with van der Waals surface area (Å²) in [7, 11) is 0. The molecule has 0 aromatic carbocycles. The highest BCUT2D eigenvalue weighted by Gasteiger charge is 2.18. The van der Waals surface area contributed by atoms with Gasteiger partial charge in [0.1, 0.15) is 5.69 Å². The summed E-state index contributed by atoms with van der Waals surface area (Å²) in [5.74, 6) is -0.0478. The fraction of sp³-hybridized carbons (Fsp3) is 0.714. The van der Waals surface area contributed by atoms with E-state index in [4.69, 9.17) is 0 Å². The van der Waals surface area contributed by atoms with E-state index >= 15 is 0 Å². The van der Waals surface area contributed by atoms with E-state index < -0.39 is 6.10 Å². The number of aliphatic hydroxyl groups excluding tert-OH is 1. The van der Waals surface area contributed by atoms with Crippen LogP contribution in [0.4, 0.5) is 0 Å². The number of aromatic nitrogens is 2. The second-order valence-electron chi connectivity index (χ2n) is 5.15. The van der Waals surface area contributed by atoms with Crippen molar-refractivity contribution < 1.29 is 9.90 Å². The first-order valence-corrected chi connectivity index (χ1v) is 7.00. The molecule has 1 heterocycles. The molecule has 0 bridgehead atoms. The van der Waals surface area contributed by atoms with Crippen molar-refractivity contribution in [2.75, 3.05) is 6.54 Å². The largest absolute Gasteiger partial charge is 0.391 e. The van der Waals surface area contributed by atoms with Crippen molar-refractivity contribution in [3.8, 4) is 0 Å². The Morgan fingerprint density at radius 1 is 1.42 bits per heavy atom. The van der Waals surface area contributed by atoms with Gasteiger partial charge in [-0.25, -0.2) is 0 Å². The van der Waals surface area contributed by atoms with Crippen LogP contribution >= 0.6 is 0 Å². The number of carbonyl (C=O) groups excluding carboxylic acids is 1. The second kappa shape index (κ2) is 7.28. The van der Waals surface area contributed by atoms with Crippen LogP contribution in [0.1, 0.15) is 57.1 Å². The lowest BCUT2D eigenvalue weighted by molar-refractivity contribution is 0.0859. The highest BCUT2D eigenvalue weighted by molar-refractivity contribution is 5.92. The van der Waals surface area contributed by atoms with Crippen molar-refractivity contribution >= 4 is 5.91 Å². The number of aliphatic hydroxyl groups is 1. The minimum Gasteiger partial charge on any atom is -0.391 e. The van der Waals surface area contributed by atoms with Gasteiger partial charge in [0, 0.05) is 12.7 Å². The number of hydrogen-bond donors (Lipinski definition) is 2. The number of nitrogens with one attached hydrogen (secondary N) is 1. The molecule has 0 saturated heterocycles. The standard InChI is InChI=1S/C14H25N3O2/c1-5-11(6-2)17-12(7-8-16-17)14(19)15-9-13(18)10(3)4/h7-8,10-11,13,18H,5-6,9H2,1-4H3,(H,15,19). The molecule has 1 atom stereocenters. The molecule has 0 fully saturated rings. The quantitative estimate of drug-likeness (QED) is 0.794. The van der Waals surface area contributed by atoms with Gasteiger partial charge in [0.25, 0.3) is 5.91 Å². The summed E-state index contributed by atoms with van der Waals surface area (Å²) in [6.07, 6.45) is 3.00. The van der Waals surface area contributed by atoms with Crippen LogP contribution in [-0.2, 0) is 0 Å².